The third-order valence-corrected chi connectivity index (χ3v) is 9.08. The van der Waals surface area contributed by atoms with Gasteiger partial charge in [0.2, 0.25) is 0 Å². The lowest BCUT2D eigenvalue weighted by molar-refractivity contribution is 0.529. The molecule has 0 saturated carbocycles. The largest absolute Gasteiger partial charge is 0.370 e. The summed E-state index contributed by atoms with van der Waals surface area (Å²) in [5.41, 5.74) is 1.24. The molecule has 1 rings (SSSR count). The summed E-state index contributed by atoms with van der Waals surface area (Å²) in [6.07, 6.45) is 39.7. The first-order valence-corrected chi connectivity index (χ1v) is 18.7. The lowest BCUT2D eigenvalue weighted by Crippen LogP contribution is -2.26. The van der Waals surface area contributed by atoms with E-state index in [2.05, 4.69) is 43.0 Å². The van der Waals surface area contributed by atoms with Gasteiger partial charge in [-0.3, -0.25) is 0 Å². The van der Waals surface area contributed by atoms with E-state index in [4.69, 9.17) is 11.6 Å². The van der Waals surface area contributed by atoms with Crippen molar-refractivity contribution in [3.63, 3.8) is 0 Å². The van der Waals surface area contributed by atoms with Crippen molar-refractivity contribution in [3.05, 3.63) is 29.3 Å². The fourth-order valence-electron chi connectivity index (χ4n) is 6.06. The van der Waals surface area contributed by atoms with E-state index >= 15 is 0 Å². The van der Waals surface area contributed by atoms with Crippen LogP contribution >= 0.6 is 11.6 Å². The van der Waals surface area contributed by atoms with Crippen LogP contribution in [0, 0.1) is 0 Å². The van der Waals surface area contributed by atoms with Gasteiger partial charge in [0.1, 0.15) is 0 Å². The fourth-order valence-corrected chi connectivity index (χ4v) is 6.31. The van der Waals surface area contributed by atoms with Crippen LogP contribution < -0.4 is 4.90 Å². The molecule has 0 aliphatic rings. The Kier molecular flexibility index (Phi) is 27.8. The summed E-state index contributed by atoms with van der Waals surface area (Å²) in [6, 6.07) is 8.48. The van der Waals surface area contributed by atoms with E-state index in [0.717, 1.165) is 18.1 Å². The molecule has 1 aromatic carbocycles. The molecule has 0 saturated heterocycles. The van der Waals surface area contributed by atoms with Crippen molar-refractivity contribution in [2.45, 2.75) is 194 Å². The number of unbranched alkanes of at least 4 members (excludes halogenated alkanes) is 26. The zero-order valence-corrected chi connectivity index (χ0v) is 28.1. The Morgan fingerprint density at radius 3 is 0.975 bits per heavy atom. The van der Waals surface area contributed by atoms with Crippen LogP contribution in [0.25, 0.3) is 0 Å². The first-order chi connectivity index (χ1) is 19.8. The summed E-state index contributed by atoms with van der Waals surface area (Å²) >= 11 is 6.61. The number of anilines is 1. The highest BCUT2D eigenvalue weighted by Crippen LogP contribution is 2.26. The number of hydrogen-bond acceptors (Lipinski definition) is 1. The normalized spacial score (nSPS) is 11.4. The van der Waals surface area contributed by atoms with Gasteiger partial charge in [-0.15, -0.1) is 0 Å². The second kappa shape index (κ2) is 29.8. The van der Waals surface area contributed by atoms with Gasteiger partial charge in [-0.25, -0.2) is 0 Å². The Hall–Kier alpha value is -0.690. The summed E-state index contributed by atoms with van der Waals surface area (Å²) in [7, 11) is 0. The molecule has 0 aliphatic carbocycles. The molecular formula is C38H70ClN. The second-order valence-corrected chi connectivity index (χ2v) is 13.0. The zero-order chi connectivity index (χ0) is 28.8. The summed E-state index contributed by atoms with van der Waals surface area (Å²) in [5, 5.41) is 0.915. The van der Waals surface area contributed by atoms with Crippen molar-refractivity contribution in [3.8, 4) is 0 Å². The molecule has 0 amide bonds. The maximum atomic E-state index is 6.61. The summed E-state index contributed by atoms with van der Waals surface area (Å²) in [6.45, 7) is 6.91. The molecule has 40 heavy (non-hydrogen) atoms. The van der Waals surface area contributed by atoms with Crippen LogP contribution in [-0.4, -0.2) is 13.1 Å². The minimum Gasteiger partial charge on any atom is -0.370 e. The van der Waals surface area contributed by atoms with Gasteiger partial charge in [-0.05, 0) is 25.0 Å². The highest BCUT2D eigenvalue weighted by Gasteiger charge is 2.09. The van der Waals surface area contributed by atoms with E-state index in [0.29, 0.717) is 0 Å². The molecule has 2 heteroatoms. The van der Waals surface area contributed by atoms with Gasteiger partial charge in [0.25, 0.3) is 0 Å². The topological polar surface area (TPSA) is 3.24 Å². The third kappa shape index (κ3) is 22.9. The smallest absolute Gasteiger partial charge is 0.0639 e. The van der Waals surface area contributed by atoms with Crippen LogP contribution in [0.15, 0.2) is 24.3 Å². The maximum absolute atomic E-state index is 6.61. The summed E-state index contributed by atoms with van der Waals surface area (Å²) in [4.78, 5) is 2.57. The molecule has 0 spiro atoms. The Balaban J connectivity index is 2.06. The summed E-state index contributed by atoms with van der Waals surface area (Å²) < 4.78 is 0. The predicted molar refractivity (Wildman–Crippen MR) is 184 cm³/mol. The molecule has 0 atom stereocenters. The maximum Gasteiger partial charge on any atom is 0.0639 e. The fraction of sp³-hybridized carbons (Fsp3) is 0.842. The Morgan fingerprint density at radius 2 is 0.675 bits per heavy atom. The number of hydrogen-bond donors (Lipinski definition) is 0. The van der Waals surface area contributed by atoms with Gasteiger partial charge in [0.15, 0.2) is 0 Å². The molecule has 234 valence electrons. The lowest BCUT2D eigenvalue weighted by Gasteiger charge is -2.26. The summed E-state index contributed by atoms with van der Waals surface area (Å²) in [5.74, 6) is 0. The number of rotatable bonds is 31. The molecule has 0 N–H and O–H groups in total. The van der Waals surface area contributed by atoms with Gasteiger partial charge in [0.05, 0.1) is 10.7 Å². The van der Waals surface area contributed by atoms with Crippen LogP contribution in [0.4, 0.5) is 5.69 Å². The van der Waals surface area contributed by atoms with Crippen molar-refractivity contribution in [1.29, 1.82) is 0 Å². The molecule has 0 radical (unpaired) electrons. The third-order valence-electron chi connectivity index (χ3n) is 8.76. The first kappa shape index (κ1) is 37.3. The van der Waals surface area contributed by atoms with Crippen LogP contribution in [0.2, 0.25) is 5.02 Å². The van der Waals surface area contributed by atoms with Crippen molar-refractivity contribution in [2.75, 3.05) is 18.0 Å². The molecule has 0 bridgehead atoms. The Morgan fingerprint density at radius 1 is 0.400 bits per heavy atom. The van der Waals surface area contributed by atoms with Gasteiger partial charge in [-0.2, -0.15) is 0 Å². The van der Waals surface area contributed by atoms with E-state index in [-0.39, 0.29) is 0 Å². The zero-order valence-electron chi connectivity index (χ0n) is 27.3. The average Bonchev–Trinajstić information content (AvgIpc) is 2.96. The van der Waals surface area contributed by atoms with Gasteiger partial charge < -0.3 is 4.90 Å². The van der Waals surface area contributed by atoms with Crippen LogP contribution in [0.5, 0.6) is 0 Å². The molecule has 0 aromatic heterocycles. The average molecular weight is 576 g/mol. The standard InChI is InChI=1S/C38H70ClN/c1-3-5-7-9-11-13-15-17-19-21-23-25-27-31-35-40(38-34-30-29-33-37(38)39)36-32-28-26-24-22-20-18-16-14-12-10-8-6-4-2/h29-30,33-34H,3-28,31-32,35-36H2,1-2H3. The van der Waals surface area contributed by atoms with E-state index in [1.165, 1.54) is 185 Å². The predicted octanol–water partition coefficient (Wildman–Crippen LogP) is 14.1. The van der Waals surface area contributed by atoms with Gasteiger partial charge in [0, 0.05) is 13.1 Å². The SMILES string of the molecule is CCCCCCCCCCCCCCCCN(CCCCCCCCCCCCCCCC)c1ccccc1Cl. The Bertz CT molecular complexity index is 598. The lowest BCUT2D eigenvalue weighted by atomic mass is 10.0. The van der Waals surface area contributed by atoms with Crippen LogP contribution in [0.3, 0.4) is 0 Å². The highest BCUT2D eigenvalue weighted by molar-refractivity contribution is 6.33. The van der Waals surface area contributed by atoms with E-state index in [1.54, 1.807) is 0 Å². The van der Waals surface area contributed by atoms with E-state index in [1.807, 2.05) is 0 Å². The van der Waals surface area contributed by atoms with E-state index < -0.39 is 0 Å². The van der Waals surface area contributed by atoms with Crippen LogP contribution in [0.1, 0.15) is 194 Å². The molecular weight excluding hydrogens is 506 g/mol. The van der Waals surface area contributed by atoms with E-state index in [9.17, 15) is 0 Å². The highest BCUT2D eigenvalue weighted by atomic mass is 35.5. The molecule has 0 aliphatic heterocycles. The molecule has 1 nitrogen and oxygen atoms in total. The van der Waals surface area contributed by atoms with Crippen molar-refractivity contribution < 1.29 is 0 Å². The minimum absolute atomic E-state index is 0.915. The number of para-hydroxylation sites is 1. The van der Waals surface area contributed by atoms with Crippen molar-refractivity contribution >= 4 is 17.3 Å². The second-order valence-electron chi connectivity index (χ2n) is 12.6. The molecule has 0 unspecified atom stereocenters. The molecule has 1 aromatic rings. The molecule has 0 heterocycles. The van der Waals surface area contributed by atoms with Crippen LogP contribution in [-0.2, 0) is 0 Å². The van der Waals surface area contributed by atoms with Gasteiger partial charge in [-0.1, -0.05) is 205 Å². The quantitative estimate of drug-likeness (QED) is 0.0795. The number of nitrogens with zero attached hydrogens (tertiary/aromatic N) is 1. The number of halogens is 1. The monoisotopic (exact) mass is 576 g/mol. The minimum atomic E-state index is 0.915. The molecule has 0 fully saturated rings. The van der Waals surface area contributed by atoms with Crippen molar-refractivity contribution in [2.24, 2.45) is 0 Å². The van der Waals surface area contributed by atoms with Crippen molar-refractivity contribution in [1.82, 2.24) is 0 Å². The first-order valence-electron chi connectivity index (χ1n) is 18.3. The Labute approximate surface area is 257 Å². The van der Waals surface area contributed by atoms with Gasteiger partial charge >= 0.3 is 0 Å². The number of benzene rings is 1.